The van der Waals surface area contributed by atoms with Crippen LogP contribution in [0.3, 0.4) is 0 Å². The van der Waals surface area contributed by atoms with E-state index in [9.17, 15) is 14.0 Å². The van der Waals surface area contributed by atoms with E-state index < -0.39 is 11.9 Å². The van der Waals surface area contributed by atoms with Gasteiger partial charge in [-0.1, -0.05) is 66.4 Å². The van der Waals surface area contributed by atoms with Gasteiger partial charge in [0.25, 0.3) is 0 Å². The number of nitrogens with one attached hydrogen (secondary N) is 1. The molecule has 1 aliphatic carbocycles. The van der Waals surface area contributed by atoms with Gasteiger partial charge in [0.15, 0.2) is 6.29 Å². The van der Waals surface area contributed by atoms with Gasteiger partial charge < -0.3 is 10.1 Å². The number of benzene rings is 3. The minimum absolute atomic E-state index is 0.0170. The fraction of sp³-hybridized carbons (Fsp3) is 0.120. The molecule has 0 aromatic heterocycles. The first-order chi connectivity index (χ1) is 14.7. The van der Waals surface area contributed by atoms with E-state index in [0.29, 0.717) is 6.29 Å². The van der Waals surface area contributed by atoms with Crippen molar-refractivity contribution in [3.8, 4) is 23.0 Å². The lowest BCUT2D eigenvalue weighted by Crippen LogP contribution is -2.26. The van der Waals surface area contributed by atoms with Gasteiger partial charge in [0.1, 0.15) is 12.4 Å². The van der Waals surface area contributed by atoms with Crippen molar-refractivity contribution in [1.82, 2.24) is 5.32 Å². The monoisotopic (exact) mass is 399 g/mol. The number of amides is 1. The second-order valence-electron chi connectivity index (χ2n) is 6.80. The number of rotatable bonds is 4. The summed E-state index contributed by atoms with van der Waals surface area (Å²) in [6.07, 6.45) is -0.154. The first-order valence-corrected chi connectivity index (χ1v) is 9.50. The van der Waals surface area contributed by atoms with E-state index in [4.69, 9.17) is 4.74 Å². The highest BCUT2D eigenvalue weighted by atomic mass is 19.1. The van der Waals surface area contributed by atoms with Crippen molar-refractivity contribution >= 4 is 12.4 Å². The summed E-state index contributed by atoms with van der Waals surface area (Å²) in [6, 6.07) is 20.4. The van der Waals surface area contributed by atoms with Gasteiger partial charge in [0.05, 0.1) is 12.1 Å². The molecule has 0 unspecified atom stereocenters. The Morgan fingerprint density at radius 3 is 2.33 bits per heavy atom. The molecule has 5 heteroatoms. The largest absolute Gasteiger partial charge is 0.449 e. The lowest BCUT2D eigenvalue weighted by molar-refractivity contribution is 0.111. The fourth-order valence-electron chi connectivity index (χ4n) is 3.67. The molecule has 3 aromatic rings. The number of hydrogen-bond donors (Lipinski definition) is 1. The second-order valence-corrected chi connectivity index (χ2v) is 6.80. The number of hydrogen-bond acceptors (Lipinski definition) is 3. The zero-order valence-corrected chi connectivity index (χ0v) is 16.0. The number of alkyl carbamates (subject to hydrolysis) is 1. The molecule has 0 saturated carbocycles. The molecule has 1 N–H and O–H groups in total. The molecule has 0 saturated heterocycles. The molecule has 0 atom stereocenters. The molecule has 0 radical (unpaired) electrons. The summed E-state index contributed by atoms with van der Waals surface area (Å²) >= 11 is 0. The molecule has 0 heterocycles. The molecule has 1 amide bonds. The lowest BCUT2D eigenvalue weighted by Gasteiger charge is -2.14. The van der Waals surface area contributed by atoms with Crippen LogP contribution in [0.1, 0.15) is 33.0 Å². The SMILES string of the molecule is O=Cc1c(F)cccc1C#CCNC(=O)OCC1c2ccccc2-c2ccccc21. The minimum atomic E-state index is -0.624. The average Bonchev–Trinajstić information content (AvgIpc) is 3.09. The Morgan fingerprint density at radius 2 is 1.67 bits per heavy atom. The topological polar surface area (TPSA) is 55.4 Å². The number of carbonyl (C=O) groups excluding carboxylic acids is 2. The van der Waals surface area contributed by atoms with Gasteiger partial charge in [-0.15, -0.1) is 0 Å². The van der Waals surface area contributed by atoms with Crippen LogP contribution in [-0.2, 0) is 4.74 Å². The molecule has 4 nitrogen and oxygen atoms in total. The van der Waals surface area contributed by atoms with Crippen molar-refractivity contribution in [2.45, 2.75) is 5.92 Å². The summed E-state index contributed by atoms with van der Waals surface area (Å²) < 4.78 is 19.0. The van der Waals surface area contributed by atoms with Gasteiger partial charge in [-0.25, -0.2) is 9.18 Å². The van der Waals surface area contributed by atoms with E-state index in [2.05, 4.69) is 41.4 Å². The Labute approximate surface area is 173 Å². The van der Waals surface area contributed by atoms with Crippen LogP contribution in [0.4, 0.5) is 9.18 Å². The number of aldehydes is 1. The molecule has 0 aliphatic heterocycles. The van der Waals surface area contributed by atoms with E-state index in [1.807, 2.05) is 24.3 Å². The van der Waals surface area contributed by atoms with Crippen molar-refractivity contribution in [1.29, 1.82) is 0 Å². The Kier molecular flexibility index (Phi) is 5.58. The molecule has 0 bridgehead atoms. The Hall–Kier alpha value is -3.91. The minimum Gasteiger partial charge on any atom is -0.449 e. The molecule has 4 rings (SSSR count). The summed E-state index contributed by atoms with van der Waals surface area (Å²) in [7, 11) is 0. The lowest BCUT2D eigenvalue weighted by atomic mass is 9.98. The van der Waals surface area contributed by atoms with E-state index in [0.717, 1.165) is 22.3 Å². The molecule has 0 fully saturated rings. The summed E-state index contributed by atoms with van der Waals surface area (Å²) in [4.78, 5) is 23.1. The molecule has 30 heavy (non-hydrogen) atoms. The molecule has 148 valence electrons. The van der Waals surface area contributed by atoms with E-state index >= 15 is 0 Å². The van der Waals surface area contributed by atoms with Gasteiger partial charge >= 0.3 is 6.09 Å². The predicted octanol–water partition coefficient (Wildman–Crippen LogP) is 4.53. The average molecular weight is 399 g/mol. The maximum Gasteiger partial charge on any atom is 0.407 e. The van der Waals surface area contributed by atoms with E-state index in [1.165, 1.54) is 12.1 Å². The highest BCUT2D eigenvalue weighted by Crippen LogP contribution is 2.44. The van der Waals surface area contributed by atoms with Crippen LogP contribution >= 0.6 is 0 Å². The first kappa shape index (κ1) is 19.4. The maximum atomic E-state index is 13.6. The van der Waals surface area contributed by atoms with Gasteiger partial charge in [-0.05, 0) is 34.4 Å². The third-order valence-electron chi connectivity index (χ3n) is 5.06. The molecular weight excluding hydrogens is 381 g/mol. The molecular formula is C25H18FNO3. The highest BCUT2D eigenvalue weighted by Gasteiger charge is 2.28. The van der Waals surface area contributed by atoms with E-state index in [1.54, 1.807) is 6.07 Å². The fourth-order valence-corrected chi connectivity index (χ4v) is 3.67. The van der Waals surface area contributed by atoms with Crippen molar-refractivity contribution in [3.63, 3.8) is 0 Å². The van der Waals surface area contributed by atoms with Crippen molar-refractivity contribution < 1.29 is 18.7 Å². The van der Waals surface area contributed by atoms with Crippen molar-refractivity contribution in [2.75, 3.05) is 13.2 Å². The Bertz CT molecular complexity index is 1130. The summed E-state index contributed by atoms with van der Waals surface area (Å²) in [5.74, 6) is 4.76. The second kappa shape index (κ2) is 8.62. The Morgan fingerprint density at radius 1 is 1.00 bits per heavy atom. The van der Waals surface area contributed by atoms with Gasteiger partial charge in [0.2, 0.25) is 0 Å². The number of carbonyl (C=O) groups is 2. The maximum absolute atomic E-state index is 13.6. The van der Waals surface area contributed by atoms with Crippen molar-refractivity contribution in [2.24, 2.45) is 0 Å². The molecule has 1 aliphatic rings. The molecule has 0 spiro atoms. The van der Waals surface area contributed by atoms with Gasteiger partial charge in [0, 0.05) is 11.5 Å². The number of halogens is 1. The third-order valence-corrected chi connectivity index (χ3v) is 5.06. The van der Waals surface area contributed by atoms with Crippen LogP contribution in [0, 0.1) is 17.7 Å². The van der Waals surface area contributed by atoms with Crippen LogP contribution in [0.2, 0.25) is 0 Å². The smallest absolute Gasteiger partial charge is 0.407 e. The van der Waals surface area contributed by atoms with Crippen LogP contribution < -0.4 is 5.32 Å². The van der Waals surface area contributed by atoms with Gasteiger partial charge in [-0.3, -0.25) is 4.79 Å². The quantitative estimate of drug-likeness (QED) is 0.518. The Balaban J connectivity index is 1.37. The van der Waals surface area contributed by atoms with Crippen LogP contribution in [0.5, 0.6) is 0 Å². The summed E-state index contributed by atoms with van der Waals surface area (Å²) in [5.41, 5.74) is 4.78. The highest BCUT2D eigenvalue weighted by molar-refractivity contribution is 5.80. The molecule has 3 aromatic carbocycles. The van der Waals surface area contributed by atoms with E-state index in [-0.39, 0.29) is 30.2 Å². The number of ether oxygens (including phenoxy) is 1. The van der Waals surface area contributed by atoms with Crippen LogP contribution in [0.15, 0.2) is 66.7 Å². The zero-order chi connectivity index (χ0) is 20.9. The van der Waals surface area contributed by atoms with Crippen LogP contribution in [0.25, 0.3) is 11.1 Å². The first-order valence-electron chi connectivity index (χ1n) is 9.50. The normalized spacial score (nSPS) is 11.6. The predicted molar refractivity (Wildman–Crippen MR) is 112 cm³/mol. The van der Waals surface area contributed by atoms with Crippen LogP contribution in [-0.4, -0.2) is 25.5 Å². The van der Waals surface area contributed by atoms with Gasteiger partial charge in [-0.2, -0.15) is 0 Å². The summed E-state index contributed by atoms with van der Waals surface area (Å²) in [5, 5.41) is 2.56. The third kappa shape index (κ3) is 3.81. The number of fused-ring (bicyclic) bond motifs is 3. The zero-order valence-electron chi connectivity index (χ0n) is 16.0. The standard InChI is InChI=1S/C25H18FNO3/c26-24-13-5-7-17(22(24)15-28)8-6-14-27-25(29)30-16-23-20-11-3-1-9-18(20)19-10-2-4-12-21(19)23/h1-5,7,9-13,15,23H,14,16H2,(H,27,29). The summed E-state index contributed by atoms with van der Waals surface area (Å²) in [6.45, 7) is 0.234. The van der Waals surface area contributed by atoms with Crippen molar-refractivity contribution in [3.05, 3.63) is 94.8 Å².